The third-order valence-corrected chi connectivity index (χ3v) is 2.45. The molecule has 0 radical (unpaired) electrons. The third kappa shape index (κ3) is 10.7. The molecule has 0 aliphatic heterocycles. The van der Waals surface area contributed by atoms with E-state index in [4.69, 9.17) is 14.2 Å². The maximum atomic E-state index is 11.3. The van der Waals surface area contributed by atoms with Crippen LogP contribution in [0.15, 0.2) is 0 Å². The van der Waals surface area contributed by atoms with Crippen molar-refractivity contribution < 1.29 is 23.8 Å². The Morgan fingerprint density at radius 3 is 1.84 bits per heavy atom. The van der Waals surface area contributed by atoms with Crippen LogP contribution in [-0.2, 0) is 23.8 Å². The molecule has 0 aromatic heterocycles. The summed E-state index contributed by atoms with van der Waals surface area (Å²) in [5.41, 5.74) is 0. The van der Waals surface area contributed by atoms with Gasteiger partial charge in [0.1, 0.15) is 12.4 Å². The molecule has 0 N–H and O–H groups in total. The van der Waals surface area contributed by atoms with Crippen LogP contribution in [0.5, 0.6) is 0 Å². The van der Waals surface area contributed by atoms with Crippen molar-refractivity contribution in [3.8, 4) is 0 Å². The molecule has 5 heteroatoms. The van der Waals surface area contributed by atoms with Crippen molar-refractivity contribution in [1.82, 2.24) is 0 Å². The van der Waals surface area contributed by atoms with Crippen LogP contribution in [0, 0.1) is 11.8 Å². The molecule has 0 heterocycles. The molecule has 0 saturated heterocycles. The second kappa shape index (κ2) is 10.9. The Balaban J connectivity index is 3.24. The van der Waals surface area contributed by atoms with Crippen LogP contribution >= 0.6 is 0 Å². The number of esters is 1. The first-order valence-electron chi connectivity index (χ1n) is 6.80. The fraction of sp³-hybridized carbons (Fsp3) is 0.857. The second-order valence-electron chi connectivity index (χ2n) is 4.92. The van der Waals surface area contributed by atoms with E-state index in [2.05, 4.69) is 0 Å². The van der Waals surface area contributed by atoms with Crippen molar-refractivity contribution in [1.29, 1.82) is 0 Å². The quantitative estimate of drug-likeness (QED) is 0.425. The van der Waals surface area contributed by atoms with Gasteiger partial charge in [-0.05, 0) is 0 Å². The summed E-state index contributed by atoms with van der Waals surface area (Å²) in [6.07, 6.45) is 0.448. The zero-order valence-electron chi connectivity index (χ0n) is 12.4. The zero-order valence-corrected chi connectivity index (χ0v) is 12.4. The molecule has 0 atom stereocenters. The fourth-order valence-electron chi connectivity index (χ4n) is 1.15. The molecule has 19 heavy (non-hydrogen) atoms. The molecule has 0 aliphatic carbocycles. The highest BCUT2D eigenvalue weighted by molar-refractivity contribution is 5.80. The van der Waals surface area contributed by atoms with Crippen molar-refractivity contribution in [2.24, 2.45) is 11.8 Å². The minimum Gasteiger partial charge on any atom is -0.463 e. The van der Waals surface area contributed by atoms with E-state index in [0.717, 1.165) is 0 Å². The first kappa shape index (κ1) is 18.1. The van der Waals surface area contributed by atoms with Crippen LogP contribution in [-0.4, -0.2) is 44.8 Å². The Morgan fingerprint density at radius 1 is 0.789 bits per heavy atom. The molecule has 0 bridgehead atoms. The van der Waals surface area contributed by atoms with Gasteiger partial charge >= 0.3 is 5.97 Å². The van der Waals surface area contributed by atoms with Crippen LogP contribution < -0.4 is 0 Å². The minimum atomic E-state index is -0.216. The zero-order chi connectivity index (χ0) is 14.7. The highest BCUT2D eigenvalue weighted by Gasteiger charge is 2.07. The van der Waals surface area contributed by atoms with Gasteiger partial charge < -0.3 is 14.2 Å². The van der Waals surface area contributed by atoms with Gasteiger partial charge in [-0.3, -0.25) is 9.59 Å². The smallest absolute Gasteiger partial charge is 0.308 e. The fourth-order valence-corrected chi connectivity index (χ4v) is 1.15. The Morgan fingerprint density at radius 2 is 1.32 bits per heavy atom. The monoisotopic (exact) mass is 274 g/mol. The van der Waals surface area contributed by atoms with E-state index in [0.29, 0.717) is 32.8 Å². The second-order valence-corrected chi connectivity index (χ2v) is 4.92. The molecule has 0 aromatic carbocycles. The van der Waals surface area contributed by atoms with Gasteiger partial charge in [0.2, 0.25) is 0 Å². The van der Waals surface area contributed by atoms with Gasteiger partial charge in [-0.1, -0.05) is 27.7 Å². The summed E-state index contributed by atoms with van der Waals surface area (Å²) in [5.74, 6) is -0.0501. The lowest BCUT2D eigenvalue weighted by atomic mass is 10.1. The summed E-state index contributed by atoms with van der Waals surface area (Å²) in [5, 5.41) is 0. The topological polar surface area (TPSA) is 61.8 Å². The van der Waals surface area contributed by atoms with Gasteiger partial charge in [-0.25, -0.2) is 0 Å². The summed E-state index contributed by atoms with van der Waals surface area (Å²) in [7, 11) is 0. The Hall–Kier alpha value is -0.940. The van der Waals surface area contributed by atoms with Crippen LogP contribution in [0.1, 0.15) is 34.1 Å². The van der Waals surface area contributed by atoms with Crippen LogP contribution in [0.4, 0.5) is 0 Å². The number of Topliss-reactive ketones (excluding diaryl/α,β-unsaturated/α-hetero) is 1. The number of hydrogen-bond donors (Lipinski definition) is 0. The molecular weight excluding hydrogens is 248 g/mol. The Kier molecular flexibility index (Phi) is 10.4. The molecule has 0 fully saturated rings. The minimum absolute atomic E-state index is 0.0653. The first-order chi connectivity index (χ1) is 8.95. The van der Waals surface area contributed by atoms with E-state index in [-0.39, 0.29) is 30.2 Å². The lowest BCUT2D eigenvalue weighted by Gasteiger charge is -2.08. The molecule has 0 saturated carbocycles. The molecule has 112 valence electrons. The number of carbonyl (C=O) groups is 2. The van der Waals surface area contributed by atoms with Crippen molar-refractivity contribution in [3.63, 3.8) is 0 Å². The molecule has 5 nitrogen and oxygen atoms in total. The number of rotatable bonds is 11. The summed E-state index contributed by atoms with van der Waals surface area (Å²) < 4.78 is 15.4. The van der Waals surface area contributed by atoms with E-state index in [1.54, 1.807) is 13.8 Å². The van der Waals surface area contributed by atoms with Gasteiger partial charge in [0.05, 0.1) is 32.3 Å². The summed E-state index contributed by atoms with van der Waals surface area (Å²) >= 11 is 0. The summed E-state index contributed by atoms with van der Waals surface area (Å²) in [6.45, 7) is 9.29. The predicted octanol–water partition coefficient (Wildman–Crippen LogP) is 1.83. The van der Waals surface area contributed by atoms with Crippen LogP contribution in [0.2, 0.25) is 0 Å². The summed E-state index contributed by atoms with van der Waals surface area (Å²) in [6, 6.07) is 0. The average Bonchev–Trinajstić information content (AvgIpc) is 2.35. The highest BCUT2D eigenvalue weighted by Crippen LogP contribution is 1.98. The Labute approximate surface area is 115 Å². The van der Waals surface area contributed by atoms with Crippen molar-refractivity contribution >= 4 is 11.8 Å². The van der Waals surface area contributed by atoms with E-state index in [9.17, 15) is 9.59 Å². The van der Waals surface area contributed by atoms with Gasteiger partial charge in [0, 0.05) is 12.3 Å². The lowest BCUT2D eigenvalue weighted by Crippen LogP contribution is -2.16. The normalized spacial score (nSPS) is 11.1. The van der Waals surface area contributed by atoms with Crippen LogP contribution in [0.3, 0.4) is 0 Å². The number of hydrogen-bond acceptors (Lipinski definition) is 5. The molecule has 0 aromatic rings. The average molecular weight is 274 g/mol. The third-order valence-electron chi connectivity index (χ3n) is 2.45. The number of ketones is 1. The maximum absolute atomic E-state index is 11.3. The molecule has 0 aliphatic rings. The van der Waals surface area contributed by atoms with Crippen molar-refractivity contribution in [3.05, 3.63) is 0 Å². The highest BCUT2D eigenvalue weighted by atomic mass is 16.6. The first-order valence-corrected chi connectivity index (χ1v) is 6.80. The van der Waals surface area contributed by atoms with Crippen LogP contribution in [0.25, 0.3) is 0 Å². The van der Waals surface area contributed by atoms with E-state index in [1.807, 2.05) is 13.8 Å². The largest absolute Gasteiger partial charge is 0.463 e. The lowest BCUT2D eigenvalue weighted by molar-refractivity contribution is -0.149. The van der Waals surface area contributed by atoms with Gasteiger partial charge in [0.15, 0.2) is 0 Å². The molecule has 0 unspecified atom stereocenters. The predicted molar refractivity (Wildman–Crippen MR) is 71.9 cm³/mol. The van der Waals surface area contributed by atoms with Gasteiger partial charge in [-0.15, -0.1) is 0 Å². The van der Waals surface area contributed by atoms with E-state index >= 15 is 0 Å². The van der Waals surface area contributed by atoms with Gasteiger partial charge in [0.25, 0.3) is 0 Å². The SMILES string of the molecule is CC(C)C(=O)CCOCCOCCOC(=O)C(C)C. The Bertz CT molecular complexity index is 235. The van der Waals surface area contributed by atoms with Gasteiger partial charge in [-0.2, -0.15) is 0 Å². The van der Waals surface area contributed by atoms with Crippen molar-refractivity contribution in [2.45, 2.75) is 34.1 Å². The van der Waals surface area contributed by atoms with Crippen molar-refractivity contribution in [2.75, 3.05) is 33.0 Å². The molecular formula is C14H26O5. The summed E-state index contributed by atoms with van der Waals surface area (Å²) in [4.78, 5) is 22.4. The molecule has 0 amide bonds. The molecule has 0 rings (SSSR count). The number of ether oxygens (including phenoxy) is 3. The molecule has 0 spiro atoms. The standard InChI is InChI=1S/C14H26O5/c1-11(2)13(15)5-6-17-7-8-18-9-10-19-14(16)12(3)4/h11-12H,5-10H2,1-4H3. The van der Waals surface area contributed by atoms with E-state index in [1.165, 1.54) is 0 Å². The van der Waals surface area contributed by atoms with E-state index < -0.39 is 0 Å². The number of carbonyl (C=O) groups excluding carboxylic acids is 2. The maximum Gasteiger partial charge on any atom is 0.308 e.